The van der Waals surface area contributed by atoms with E-state index in [0.29, 0.717) is 0 Å². The van der Waals surface area contributed by atoms with Crippen molar-refractivity contribution in [2.45, 2.75) is 58.1 Å². The predicted molar refractivity (Wildman–Crippen MR) is 80.3 cm³/mol. The van der Waals surface area contributed by atoms with Crippen LogP contribution in [-0.2, 0) is 6.42 Å². The molecule has 0 aliphatic carbocycles. The first-order valence-electron chi connectivity index (χ1n) is 7.63. The van der Waals surface area contributed by atoms with E-state index in [2.05, 4.69) is 49.9 Å². The van der Waals surface area contributed by atoms with Crippen LogP contribution in [0.2, 0.25) is 0 Å². The van der Waals surface area contributed by atoms with Crippen molar-refractivity contribution in [3.05, 3.63) is 35.4 Å². The van der Waals surface area contributed by atoms with Gasteiger partial charge in [0.05, 0.1) is 6.10 Å². The van der Waals surface area contributed by atoms with Crippen molar-refractivity contribution in [3.8, 4) is 0 Å². The van der Waals surface area contributed by atoms with Crippen molar-refractivity contribution in [2.75, 3.05) is 13.1 Å². The van der Waals surface area contributed by atoms with Gasteiger partial charge in [-0.1, -0.05) is 38.1 Å². The van der Waals surface area contributed by atoms with Crippen LogP contribution in [0, 0.1) is 0 Å². The zero-order valence-corrected chi connectivity index (χ0v) is 12.5. The maximum Gasteiger partial charge on any atom is 0.0970 e. The number of benzene rings is 1. The number of nitrogens with zero attached hydrogens (tertiary/aromatic N) is 1. The van der Waals surface area contributed by atoms with Crippen molar-refractivity contribution in [3.63, 3.8) is 0 Å². The Morgan fingerprint density at radius 2 is 1.74 bits per heavy atom. The van der Waals surface area contributed by atoms with E-state index in [-0.39, 0.29) is 5.54 Å². The third kappa shape index (κ3) is 2.85. The van der Waals surface area contributed by atoms with Gasteiger partial charge in [0.25, 0.3) is 0 Å². The fraction of sp³-hybridized carbons (Fsp3) is 0.647. The Morgan fingerprint density at radius 1 is 1.16 bits per heavy atom. The lowest BCUT2D eigenvalue weighted by Crippen LogP contribution is -2.48. The van der Waals surface area contributed by atoms with Crippen LogP contribution in [0.1, 0.15) is 57.3 Å². The predicted octanol–water partition coefficient (Wildman–Crippen LogP) is 3.55. The monoisotopic (exact) mass is 261 g/mol. The number of hydrogen-bond acceptors (Lipinski definition) is 2. The average Bonchev–Trinajstić information content (AvgIpc) is 3.00. The highest BCUT2D eigenvalue weighted by atomic mass is 16.3. The summed E-state index contributed by atoms with van der Waals surface area (Å²) in [6.07, 6.45) is 4.15. The van der Waals surface area contributed by atoms with Gasteiger partial charge in [0, 0.05) is 5.54 Å². The molecule has 2 heteroatoms. The number of likely N-dealkylation sites (tertiary alicyclic amines) is 1. The van der Waals surface area contributed by atoms with E-state index < -0.39 is 6.10 Å². The second-order valence-electron chi connectivity index (χ2n) is 5.90. The van der Waals surface area contributed by atoms with Crippen molar-refractivity contribution < 1.29 is 5.11 Å². The molecule has 2 unspecified atom stereocenters. The molecule has 106 valence electrons. The Labute approximate surface area is 117 Å². The molecule has 1 aromatic rings. The minimum absolute atomic E-state index is 0.135. The van der Waals surface area contributed by atoms with Gasteiger partial charge in [0.15, 0.2) is 0 Å². The van der Waals surface area contributed by atoms with E-state index in [1.165, 1.54) is 18.4 Å². The molecular formula is C17H27NO. The van der Waals surface area contributed by atoms with Crippen LogP contribution in [0.15, 0.2) is 24.3 Å². The molecule has 1 saturated heterocycles. The standard InChI is InChI=1S/C17H27NO/c1-4-14-8-10-15(11-9-14)16(19)17(3,5-2)18-12-6-7-13-18/h8-11,16,19H,4-7,12-13H2,1-3H3. The molecule has 0 amide bonds. The maximum absolute atomic E-state index is 10.8. The van der Waals surface area contributed by atoms with Gasteiger partial charge in [0.1, 0.15) is 0 Å². The minimum Gasteiger partial charge on any atom is -0.386 e. The average molecular weight is 261 g/mol. The fourth-order valence-electron chi connectivity index (χ4n) is 3.11. The maximum atomic E-state index is 10.8. The van der Waals surface area contributed by atoms with Crippen LogP contribution in [-0.4, -0.2) is 28.6 Å². The van der Waals surface area contributed by atoms with E-state index in [0.717, 1.165) is 31.5 Å². The number of rotatable bonds is 5. The summed E-state index contributed by atoms with van der Waals surface area (Å²) < 4.78 is 0. The Kier molecular flexibility index (Phi) is 4.64. The lowest BCUT2D eigenvalue weighted by molar-refractivity contribution is -0.0140. The van der Waals surface area contributed by atoms with Crippen molar-refractivity contribution >= 4 is 0 Å². The van der Waals surface area contributed by atoms with Gasteiger partial charge in [-0.05, 0) is 56.8 Å². The second kappa shape index (κ2) is 6.06. The first kappa shape index (κ1) is 14.5. The number of aliphatic hydroxyl groups excluding tert-OH is 1. The molecule has 2 rings (SSSR count). The molecule has 0 bridgehead atoms. The molecule has 0 saturated carbocycles. The topological polar surface area (TPSA) is 23.5 Å². The van der Waals surface area contributed by atoms with Gasteiger partial charge < -0.3 is 5.11 Å². The van der Waals surface area contributed by atoms with E-state index in [9.17, 15) is 5.11 Å². The molecule has 2 atom stereocenters. The summed E-state index contributed by atoms with van der Waals surface area (Å²) in [5.41, 5.74) is 2.24. The van der Waals surface area contributed by atoms with Crippen LogP contribution in [0.4, 0.5) is 0 Å². The van der Waals surface area contributed by atoms with Crippen molar-refractivity contribution in [1.29, 1.82) is 0 Å². The van der Waals surface area contributed by atoms with Gasteiger partial charge in [-0.2, -0.15) is 0 Å². The Hall–Kier alpha value is -0.860. The molecule has 1 aliphatic heterocycles. The quantitative estimate of drug-likeness (QED) is 0.876. The number of hydrogen-bond donors (Lipinski definition) is 1. The third-order valence-corrected chi connectivity index (χ3v) is 4.84. The van der Waals surface area contributed by atoms with Crippen LogP contribution in [0.5, 0.6) is 0 Å². The summed E-state index contributed by atoms with van der Waals surface area (Å²) in [7, 11) is 0. The first-order valence-corrected chi connectivity index (χ1v) is 7.63. The van der Waals surface area contributed by atoms with Gasteiger partial charge in [-0.3, -0.25) is 4.90 Å². The van der Waals surface area contributed by atoms with Gasteiger partial charge in [-0.25, -0.2) is 0 Å². The highest BCUT2D eigenvalue weighted by Crippen LogP contribution is 2.36. The lowest BCUT2D eigenvalue weighted by atomic mass is 9.85. The molecule has 1 aromatic carbocycles. The molecule has 0 aromatic heterocycles. The SMILES string of the molecule is CCc1ccc(C(O)C(C)(CC)N2CCCC2)cc1. The summed E-state index contributed by atoms with van der Waals surface area (Å²) in [6.45, 7) is 8.79. The van der Waals surface area contributed by atoms with Crippen LogP contribution in [0.3, 0.4) is 0 Å². The van der Waals surface area contributed by atoms with E-state index in [1.54, 1.807) is 0 Å². The lowest BCUT2D eigenvalue weighted by Gasteiger charge is -2.42. The summed E-state index contributed by atoms with van der Waals surface area (Å²) >= 11 is 0. The zero-order valence-electron chi connectivity index (χ0n) is 12.5. The molecule has 1 heterocycles. The Bertz CT molecular complexity index is 394. The molecule has 19 heavy (non-hydrogen) atoms. The van der Waals surface area contributed by atoms with Crippen molar-refractivity contribution in [2.24, 2.45) is 0 Å². The van der Waals surface area contributed by atoms with E-state index in [1.807, 2.05) is 0 Å². The van der Waals surface area contributed by atoms with Crippen LogP contribution < -0.4 is 0 Å². The zero-order chi connectivity index (χ0) is 13.9. The van der Waals surface area contributed by atoms with Crippen LogP contribution in [0.25, 0.3) is 0 Å². The first-order chi connectivity index (χ1) is 9.11. The molecule has 1 aliphatic rings. The number of aliphatic hydroxyl groups is 1. The minimum atomic E-state index is -0.401. The number of aryl methyl sites for hydroxylation is 1. The Balaban J connectivity index is 2.20. The highest BCUT2D eigenvalue weighted by Gasteiger charge is 2.39. The van der Waals surface area contributed by atoms with E-state index in [4.69, 9.17) is 0 Å². The second-order valence-corrected chi connectivity index (χ2v) is 5.90. The molecule has 1 fully saturated rings. The third-order valence-electron chi connectivity index (χ3n) is 4.84. The van der Waals surface area contributed by atoms with Crippen molar-refractivity contribution in [1.82, 2.24) is 4.90 Å². The largest absolute Gasteiger partial charge is 0.386 e. The molecule has 1 N–H and O–H groups in total. The highest BCUT2D eigenvalue weighted by molar-refractivity contribution is 5.26. The molecule has 0 spiro atoms. The van der Waals surface area contributed by atoms with E-state index >= 15 is 0 Å². The summed E-state index contributed by atoms with van der Waals surface area (Å²) in [4.78, 5) is 2.46. The van der Waals surface area contributed by atoms with Gasteiger partial charge >= 0.3 is 0 Å². The summed E-state index contributed by atoms with van der Waals surface area (Å²) in [5, 5.41) is 10.8. The summed E-state index contributed by atoms with van der Waals surface area (Å²) in [5.74, 6) is 0. The molecule has 2 nitrogen and oxygen atoms in total. The normalized spacial score (nSPS) is 21.3. The molecular weight excluding hydrogens is 234 g/mol. The van der Waals surface area contributed by atoms with Gasteiger partial charge in [0.2, 0.25) is 0 Å². The fourth-order valence-corrected chi connectivity index (χ4v) is 3.11. The van der Waals surface area contributed by atoms with Gasteiger partial charge in [-0.15, -0.1) is 0 Å². The smallest absolute Gasteiger partial charge is 0.0970 e. The molecule has 0 radical (unpaired) electrons. The Morgan fingerprint density at radius 3 is 2.21 bits per heavy atom. The van der Waals surface area contributed by atoms with Crippen LogP contribution >= 0.6 is 0 Å². The summed E-state index contributed by atoms with van der Waals surface area (Å²) in [6, 6.07) is 8.46.